The highest BCUT2D eigenvalue weighted by atomic mass is 32.2. The van der Waals surface area contributed by atoms with Gasteiger partial charge in [-0.3, -0.25) is 9.52 Å². The second-order valence-electron chi connectivity index (χ2n) is 6.54. The van der Waals surface area contributed by atoms with E-state index in [1.54, 1.807) is 24.3 Å². The van der Waals surface area contributed by atoms with Gasteiger partial charge in [-0.05, 0) is 49.6 Å². The molecule has 0 aliphatic carbocycles. The smallest absolute Gasteiger partial charge is 0.249 e. The number of fused-ring (bicyclic) bond motifs is 1. The molecule has 1 aliphatic heterocycles. The van der Waals surface area contributed by atoms with Crippen molar-refractivity contribution in [1.82, 2.24) is 0 Å². The van der Waals surface area contributed by atoms with Gasteiger partial charge in [0.15, 0.2) is 0 Å². The second-order valence-corrected chi connectivity index (χ2v) is 8.29. The molecule has 2 aromatic carbocycles. The van der Waals surface area contributed by atoms with Crippen molar-refractivity contribution in [3.05, 3.63) is 54.1 Å². The van der Waals surface area contributed by atoms with Gasteiger partial charge in [0.2, 0.25) is 15.9 Å². The molecule has 0 spiro atoms. The van der Waals surface area contributed by atoms with E-state index in [-0.39, 0.29) is 5.91 Å². The van der Waals surface area contributed by atoms with Gasteiger partial charge in [0.25, 0.3) is 0 Å². The van der Waals surface area contributed by atoms with E-state index < -0.39 is 16.1 Å². The van der Waals surface area contributed by atoms with Crippen molar-refractivity contribution in [3.8, 4) is 0 Å². The van der Waals surface area contributed by atoms with Crippen LogP contribution >= 0.6 is 0 Å². The zero-order valence-electron chi connectivity index (χ0n) is 14.9. The van der Waals surface area contributed by atoms with E-state index in [1.807, 2.05) is 30.0 Å². The van der Waals surface area contributed by atoms with Crippen LogP contribution in [0.2, 0.25) is 0 Å². The summed E-state index contributed by atoms with van der Waals surface area (Å²) in [4.78, 5) is 14.8. The van der Waals surface area contributed by atoms with E-state index in [1.165, 1.54) is 5.56 Å². The number of sulfonamides is 1. The van der Waals surface area contributed by atoms with Crippen LogP contribution in [0.15, 0.2) is 48.5 Å². The molecule has 0 unspecified atom stereocenters. The van der Waals surface area contributed by atoms with E-state index >= 15 is 0 Å². The first-order valence-electron chi connectivity index (χ1n) is 8.57. The summed E-state index contributed by atoms with van der Waals surface area (Å²) >= 11 is 0. The van der Waals surface area contributed by atoms with E-state index in [4.69, 9.17) is 0 Å². The largest absolute Gasteiger partial charge is 0.374 e. The van der Waals surface area contributed by atoms with E-state index in [0.717, 1.165) is 24.8 Å². The summed E-state index contributed by atoms with van der Waals surface area (Å²) in [6.07, 6.45) is 3.04. The molecule has 1 aliphatic rings. The zero-order chi connectivity index (χ0) is 18.7. The molecular formula is C19H23N3O3S. The summed E-state index contributed by atoms with van der Waals surface area (Å²) in [5.74, 6) is -0.00127. The average Bonchev–Trinajstić information content (AvgIpc) is 2.59. The molecule has 0 radical (unpaired) electrons. The van der Waals surface area contributed by atoms with Crippen molar-refractivity contribution in [2.45, 2.75) is 25.8 Å². The Bertz CT molecular complexity index is 912. The van der Waals surface area contributed by atoms with Crippen LogP contribution in [0, 0.1) is 0 Å². The minimum absolute atomic E-state index is 0.00127. The SMILES string of the molecule is C[C@@H](Nc1cccc(NS(C)(=O)=O)c1)C(=O)N1CCCc2ccccc21. The zero-order valence-corrected chi connectivity index (χ0v) is 15.7. The van der Waals surface area contributed by atoms with E-state index in [2.05, 4.69) is 16.1 Å². The second kappa shape index (κ2) is 7.37. The van der Waals surface area contributed by atoms with Crippen molar-refractivity contribution < 1.29 is 13.2 Å². The fourth-order valence-electron chi connectivity index (χ4n) is 3.19. The molecule has 1 heterocycles. The lowest BCUT2D eigenvalue weighted by atomic mass is 10.0. The highest BCUT2D eigenvalue weighted by Crippen LogP contribution is 2.27. The molecule has 26 heavy (non-hydrogen) atoms. The van der Waals surface area contributed by atoms with Gasteiger partial charge in [-0.25, -0.2) is 8.42 Å². The predicted octanol–water partition coefficient (Wildman–Crippen LogP) is 2.84. The Hall–Kier alpha value is -2.54. The maximum Gasteiger partial charge on any atom is 0.249 e. The lowest BCUT2D eigenvalue weighted by Crippen LogP contribution is -2.44. The number of nitrogens with one attached hydrogen (secondary N) is 2. The number of amides is 1. The number of hydrogen-bond donors (Lipinski definition) is 2. The van der Waals surface area contributed by atoms with Gasteiger partial charge in [0.1, 0.15) is 6.04 Å². The lowest BCUT2D eigenvalue weighted by Gasteiger charge is -2.32. The number of aryl methyl sites for hydroxylation is 1. The summed E-state index contributed by atoms with van der Waals surface area (Å²) < 4.78 is 25.2. The topological polar surface area (TPSA) is 78.5 Å². The first-order valence-corrected chi connectivity index (χ1v) is 10.5. The number of hydrogen-bond acceptors (Lipinski definition) is 4. The van der Waals surface area contributed by atoms with Gasteiger partial charge in [0.05, 0.1) is 11.9 Å². The summed E-state index contributed by atoms with van der Waals surface area (Å²) in [6.45, 7) is 2.52. The molecule has 2 aromatic rings. The Labute approximate surface area is 154 Å². The van der Waals surface area contributed by atoms with Gasteiger partial charge in [-0.2, -0.15) is 0 Å². The molecule has 1 amide bonds. The Morgan fingerprint density at radius 1 is 1.12 bits per heavy atom. The average molecular weight is 373 g/mol. The Balaban J connectivity index is 1.74. The summed E-state index contributed by atoms with van der Waals surface area (Å²) in [5.41, 5.74) is 3.31. The maximum absolute atomic E-state index is 12.9. The molecule has 3 rings (SSSR count). The monoisotopic (exact) mass is 373 g/mol. The van der Waals surface area contributed by atoms with Crippen molar-refractivity contribution in [3.63, 3.8) is 0 Å². The highest BCUT2D eigenvalue weighted by Gasteiger charge is 2.26. The van der Waals surface area contributed by atoms with Gasteiger partial charge in [-0.15, -0.1) is 0 Å². The summed E-state index contributed by atoms with van der Waals surface area (Å²) in [5, 5.41) is 3.17. The minimum Gasteiger partial charge on any atom is -0.374 e. The van der Waals surface area contributed by atoms with Gasteiger partial charge >= 0.3 is 0 Å². The van der Waals surface area contributed by atoms with E-state index in [0.29, 0.717) is 17.9 Å². The van der Waals surface area contributed by atoms with Crippen LogP contribution < -0.4 is 14.9 Å². The molecule has 138 valence electrons. The Kier molecular flexibility index (Phi) is 5.18. The van der Waals surface area contributed by atoms with Crippen LogP contribution in [0.25, 0.3) is 0 Å². The molecule has 0 saturated heterocycles. The molecule has 0 bridgehead atoms. The standard InChI is InChI=1S/C19H23N3O3S/c1-14(20-16-9-5-10-17(13-16)21-26(2,24)25)19(23)22-12-6-8-15-7-3-4-11-18(15)22/h3-5,7,9-11,13-14,20-21H,6,8,12H2,1-2H3/t14-/m1/s1. The third kappa shape index (κ3) is 4.35. The summed E-state index contributed by atoms with van der Waals surface area (Å²) in [7, 11) is -3.34. The first kappa shape index (κ1) is 18.3. The van der Waals surface area contributed by atoms with Gasteiger partial charge in [-0.1, -0.05) is 24.3 Å². The van der Waals surface area contributed by atoms with Gasteiger partial charge in [0, 0.05) is 17.9 Å². The number of benzene rings is 2. The molecule has 0 fully saturated rings. The molecule has 7 heteroatoms. The highest BCUT2D eigenvalue weighted by molar-refractivity contribution is 7.92. The van der Waals surface area contributed by atoms with E-state index in [9.17, 15) is 13.2 Å². The number of rotatable bonds is 5. The minimum atomic E-state index is -3.34. The number of anilines is 3. The number of para-hydroxylation sites is 1. The van der Waals surface area contributed by atoms with Crippen LogP contribution in [0.5, 0.6) is 0 Å². The number of nitrogens with zero attached hydrogens (tertiary/aromatic N) is 1. The van der Waals surface area contributed by atoms with Crippen LogP contribution in [0.4, 0.5) is 17.1 Å². The van der Waals surface area contributed by atoms with Crippen molar-refractivity contribution in [1.29, 1.82) is 0 Å². The summed E-state index contributed by atoms with van der Waals surface area (Å²) in [6, 6.07) is 14.4. The molecule has 0 saturated carbocycles. The predicted molar refractivity (Wildman–Crippen MR) is 105 cm³/mol. The van der Waals surface area contributed by atoms with Crippen molar-refractivity contribution in [2.75, 3.05) is 27.7 Å². The fraction of sp³-hybridized carbons (Fsp3) is 0.316. The van der Waals surface area contributed by atoms with Crippen LogP contribution in [0.3, 0.4) is 0 Å². The van der Waals surface area contributed by atoms with Crippen molar-refractivity contribution in [2.24, 2.45) is 0 Å². The van der Waals surface area contributed by atoms with Crippen LogP contribution in [0.1, 0.15) is 18.9 Å². The third-order valence-electron chi connectivity index (χ3n) is 4.30. The van der Waals surface area contributed by atoms with Gasteiger partial charge < -0.3 is 10.2 Å². The lowest BCUT2D eigenvalue weighted by molar-refractivity contribution is -0.119. The normalized spacial score (nSPS) is 15.1. The molecule has 2 N–H and O–H groups in total. The van der Waals surface area contributed by atoms with Crippen LogP contribution in [-0.2, 0) is 21.2 Å². The van der Waals surface area contributed by atoms with Crippen LogP contribution in [-0.4, -0.2) is 33.2 Å². The Morgan fingerprint density at radius 3 is 2.62 bits per heavy atom. The number of carbonyl (C=O) groups excluding carboxylic acids is 1. The molecule has 0 aromatic heterocycles. The maximum atomic E-state index is 12.9. The van der Waals surface area contributed by atoms with Crippen molar-refractivity contribution >= 4 is 33.0 Å². The fourth-order valence-corrected chi connectivity index (χ4v) is 3.75. The Morgan fingerprint density at radius 2 is 1.85 bits per heavy atom. The molecule has 1 atom stereocenters. The molecular weight excluding hydrogens is 350 g/mol. The quantitative estimate of drug-likeness (QED) is 0.845. The third-order valence-corrected chi connectivity index (χ3v) is 4.90. The number of carbonyl (C=O) groups is 1. The molecule has 6 nitrogen and oxygen atoms in total. The first-order chi connectivity index (χ1) is 12.3.